The summed E-state index contributed by atoms with van der Waals surface area (Å²) in [5.41, 5.74) is 2.42. The van der Waals surface area contributed by atoms with Crippen molar-refractivity contribution < 1.29 is 9.84 Å². The number of hydrogen-bond donors (Lipinski definition) is 2. The van der Waals surface area contributed by atoms with Crippen molar-refractivity contribution in [2.75, 3.05) is 13.2 Å². The van der Waals surface area contributed by atoms with E-state index in [0.717, 1.165) is 12.2 Å². The van der Waals surface area contributed by atoms with Gasteiger partial charge in [0.05, 0.1) is 13.2 Å². The standard InChI is InChI=1S/C15H25NO2/c1-11(2)16-14(10-17)5-6-18-15-8-12(3)7-13(4)9-15/h7-9,11,14,16-17H,5-6,10H2,1-4H3. The zero-order chi connectivity index (χ0) is 13.5. The SMILES string of the molecule is Cc1cc(C)cc(OCCC(CO)NC(C)C)c1. The molecule has 0 heterocycles. The molecule has 0 saturated heterocycles. The topological polar surface area (TPSA) is 41.5 Å². The van der Waals surface area contributed by atoms with Crippen molar-refractivity contribution in [3.63, 3.8) is 0 Å². The quantitative estimate of drug-likeness (QED) is 0.782. The summed E-state index contributed by atoms with van der Waals surface area (Å²) in [4.78, 5) is 0. The van der Waals surface area contributed by atoms with E-state index in [1.165, 1.54) is 11.1 Å². The van der Waals surface area contributed by atoms with Gasteiger partial charge in [-0.1, -0.05) is 19.9 Å². The van der Waals surface area contributed by atoms with Crippen LogP contribution in [0.5, 0.6) is 5.75 Å². The minimum absolute atomic E-state index is 0.107. The van der Waals surface area contributed by atoms with E-state index in [4.69, 9.17) is 4.74 Å². The summed E-state index contributed by atoms with van der Waals surface area (Å²) in [6.45, 7) is 9.05. The van der Waals surface area contributed by atoms with Gasteiger partial charge in [0.2, 0.25) is 0 Å². The summed E-state index contributed by atoms with van der Waals surface area (Å²) in [5.74, 6) is 0.911. The van der Waals surface area contributed by atoms with Gasteiger partial charge in [-0.05, 0) is 43.5 Å². The average Bonchev–Trinajstić information content (AvgIpc) is 2.25. The van der Waals surface area contributed by atoms with Crippen LogP contribution in [0.4, 0.5) is 0 Å². The fourth-order valence-corrected chi connectivity index (χ4v) is 2.03. The van der Waals surface area contributed by atoms with Crippen LogP contribution in [0, 0.1) is 13.8 Å². The monoisotopic (exact) mass is 251 g/mol. The Kier molecular flexibility index (Phi) is 6.16. The third-order valence-corrected chi connectivity index (χ3v) is 2.72. The summed E-state index contributed by atoms with van der Waals surface area (Å²) in [5, 5.41) is 12.6. The number of aliphatic hydroxyl groups is 1. The molecule has 0 aliphatic carbocycles. The van der Waals surface area contributed by atoms with Gasteiger partial charge in [0.1, 0.15) is 5.75 Å². The van der Waals surface area contributed by atoms with Crippen molar-refractivity contribution in [2.24, 2.45) is 0 Å². The number of nitrogens with one attached hydrogen (secondary N) is 1. The van der Waals surface area contributed by atoms with Crippen LogP contribution in [0.3, 0.4) is 0 Å². The summed E-state index contributed by atoms with van der Waals surface area (Å²) >= 11 is 0. The lowest BCUT2D eigenvalue weighted by molar-refractivity contribution is 0.202. The number of rotatable bonds is 7. The van der Waals surface area contributed by atoms with Crippen LogP contribution in [0.2, 0.25) is 0 Å². The minimum Gasteiger partial charge on any atom is -0.494 e. The summed E-state index contributed by atoms with van der Waals surface area (Å²) in [6, 6.07) is 6.69. The predicted molar refractivity (Wildman–Crippen MR) is 75.2 cm³/mol. The van der Waals surface area contributed by atoms with Crippen LogP contribution < -0.4 is 10.1 Å². The van der Waals surface area contributed by atoms with Crippen molar-refractivity contribution >= 4 is 0 Å². The Morgan fingerprint density at radius 2 is 1.78 bits per heavy atom. The first-order valence-electron chi connectivity index (χ1n) is 6.59. The Labute approximate surface area is 110 Å². The molecule has 0 spiro atoms. The molecule has 1 unspecified atom stereocenters. The highest BCUT2D eigenvalue weighted by molar-refractivity contribution is 5.32. The molecule has 2 N–H and O–H groups in total. The Balaban J connectivity index is 2.40. The Bertz CT molecular complexity index is 343. The van der Waals surface area contributed by atoms with Gasteiger partial charge >= 0.3 is 0 Å². The van der Waals surface area contributed by atoms with Crippen molar-refractivity contribution in [1.29, 1.82) is 0 Å². The van der Waals surface area contributed by atoms with E-state index in [2.05, 4.69) is 39.1 Å². The van der Waals surface area contributed by atoms with Crippen molar-refractivity contribution in [2.45, 2.75) is 46.2 Å². The van der Waals surface area contributed by atoms with E-state index in [1.807, 2.05) is 12.1 Å². The molecule has 0 aliphatic heterocycles. The van der Waals surface area contributed by atoms with Gasteiger partial charge in [0, 0.05) is 12.1 Å². The maximum atomic E-state index is 9.24. The van der Waals surface area contributed by atoms with Crippen LogP contribution in [0.1, 0.15) is 31.4 Å². The molecule has 3 nitrogen and oxygen atoms in total. The van der Waals surface area contributed by atoms with Gasteiger partial charge < -0.3 is 15.2 Å². The van der Waals surface area contributed by atoms with Gasteiger partial charge in [-0.15, -0.1) is 0 Å². The molecule has 3 heteroatoms. The lowest BCUT2D eigenvalue weighted by Crippen LogP contribution is -2.38. The highest BCUT2D eigenvalue weighted by atomic mass is 16.5. The first kappa shape index (κ1) is 15.0. The van der Waals surface area contributed by atoms with Gasteiger partial charge in [-0.3, -0.25) is 0 Å². The van der Waals surface area contributed by atoms with E-state index in [-0.39, 0.29) is 12.6 Å². The van der Waals surface area contributed by atoms with Crippen LogP contribution in [-0.2, 0) is 0 Å². The fourth-order valence-electron chi connectivity index (χ4n) is 2.03. The van der Waals surface area contributed by atoms with Gasteiger partial charge in [-0.25, -0.2) is 0 Å². The number of aryl methyl sites for hydroxylation is 2. The summed E-state index contributed by atoms with van der Waals surface area (Å²) in [6.07, 6.45) is 0.807. The molecule has 0 bridgehead atoms. The first-order chi connectivity index (χ1) is 8.51. The molecule has 102 valence electrons. The largest absolute Gasteiger partial charge is 0.494 e. The van der Waals surface area contributed by atoms with Crippen LogP contribution in [0.15, 0.2) is 18.2 Å². The molecule has 0 aliphatic rings. The van der Waals surface area contributed by atoms with E-state index < -0.39 is 0 Å². The van der Waals surface area contributed by atoms with Crippen molar-refractivity contribution in [3.05, 3.63) is 29.3 Å². The van der Waals surface area contributed by atoms with E-state index in [1.54, 1.807) is 0 Å². The zero-order valence-corrected chi connectivity index (χ0v) is 11.9. The maximum Gasteiger partial charge on any atom is 0.119 e. The molecule has 0 radical (unpaired) electrons. The molecule has 0 saturated carbocycles. The Morgan fingerprint density at radius 1 is 1.17 bits per heavy atom. The highest BCUT2D eigenvalue weighted by Crippen LogP contribution is 2.16. The zero-order valence-electron chi connectivity index (χ0n) is 11.9. The lowest BCUT2D eigenvalue weighted by Gasteiger charge is -2.19. The molecular formula is C15H25NO2. The molecular weight excluding hydrogens is 226 g/mol. The summed E-state index contributed by atoms with van der Waals surface area (Å²) in [7, 11) is 0. The molecule has 1 aromatic carbocycles. The number of hydrogen-bond acceptors (Lipinski definition) is 3. The Hall–Kier alpha value is -1.06. The predicted octanol–water partition coefficient (Wildman–Crippen LogP) is 2.43. The second kappa shape index (κ2) is 7.39. The lowest BCUT2D eigenvalue weighted by atomic mass is 10.1. The normalized spacial score (nSPS) is 12.8. The van der Waals surface area contributed by atoms with Crippen LogP contribution in [0.25, 0.3) is 0 Å². The maximum absolute atomic E-state index is 9.24. The van der Waals surface area contributed by atoms with Gasteiger partial charge in [-0.2, -0.15) is 0 Å². The van der Waals surface area contributed by atoms with Gasteiger partial charge in [0.25, 0.3) is 0 Å². The van der Waals surface area contributed by atoms with Crippen molar-refractivity contribution in [1.82, 2.24) is 5.32 Å². The van der Waals surface area contributed by atoms with Gasteiger partial charge in [0.15, 0.2) is 0 Å². The van der Waals surface area contributed by atoms with Crippen LogP contribution >= 0.6 is 0 Å². The molecule has 1 rings (SSSR count). The molecule has 18 heavy (non-hydrogen) atoms. The number of aliphatic hydroxyl groups excluding tert-OH is 1. The average molecular weight is 251 g/mol. The van der Waals surface area contributed by atoms with E-state index >= 15 is 0 Å². The highest BCUT2D eigenvalue weighted by Gasteiger charge is 2.08. The molecule has 1 atom stereocenters. The van der Waals surface area contributed by atoms with Crippen LogP contribution in [-0.4, -0.2) is 30.4 Å². The number of benzene rings is 1. The molecule has 0 aromatic heterocycles. The minimum atomic E-state index is 0.107. The second-order valence-electron chi connectivity index (χ2n) is 5.16. The Morgan fingerprint density at radius 3 is 2.28 bits per heavy atom. The molecule has 1 aromatic rings. The molecule has 0 fully saturated rings. The van der Waals surface area contributed by atoms with Crippen molar-refractivity contribution in [3.8, 4) is 5.75 Å². The first-order valence-corrected chi connectivity index (χ1v) is 6.59. The molecule has 0 amide bonds. The van der Waals surface area contributed by atoms with E-state index in [9.17, 15) is 5.11 Å². The second-order valence-corrected chi connectivity index (χ2v) is 5.16. The summed E-state index contributed by atoms with van der Waals surface area (Å²) < 4.78 is 5.73. The third kappa shape index (κ3) is 5.52. The third-order valence-electron chi connectivity index (χ3n) is 2.72. The smallest absolute Gasteiger partial charge is 0.119 e. The fraction of sp³-hybridized carbons (Fsp3) is 0.600. The van der Waals surface area contributed by atoms with E-state index in [0.29, 0.717) is 12.6 Å². The number of ether oxygens (including phenoxy) is 1.